The maximum Gasteiger partial charge on any atom is 0.216 e. The monoisotopic (exact) mass is 544 g/mol. The standard InChI is InChI=1S/C23H17N3O.Ir/c1-17(20-9-5-11-22(25-20)18-13-15-24-16-14-18)21-10-6-12-23(26-21)27-19-7-3-2-4-8-19;/h2-7,9-13,15-17H,1H3;/q-2;. The van der Waals surface area contributed by atoms with Crippen molar-refractivity contribution >= 4 is 0 Å². The fourth-order valence-electron chi connectivity index (χ4n) is 2.75. The van der Waals surface area contributed by atoms with Crippen LogP contribution in [0.2, 0.25) is 0 Å². The van der Waals surface area contributed by atoms with Crippen molar-refractivity contribution in [2.75, 3.05) is 0 Å². The number of nitrogens with zero attached hydrogens (tertiary/aromatic N) is 3. The summed E-state index contributed by atoms with van der Waals surface area (Å²) >= 11 is 0. The molecule has 0 fully saturated rings. The number of aromatic nitrogens is 3. The molecule has 1 aromatic carbocycles. The molecular formula is C23H17IrN3O-2. The Hall–Kier alpha value is -2.88. The molecule has 0 aliphatic heterocycles. The van der Waals surface area contributed by atoms with Gasteiger partial charge in [-0.3, -0.25) is 4.98 Å². The summed E-state index contributed by atoms with van der Waals surface area (Å²) < 4.78 is 5.80. The third-order valence-electron chi connectivity index (χ3n) is 4.20. The third-order valence-corrected chi connectivity index (χ3v) is 4.20. The Morgan fingerprint density at radius 3 is 2.43 bits per heavy atom. The largest absolute Gasteiger partial charge is 0.466 e. The van der Waals surface area contributed by atoms with Gasteiger partial charge in [-0.1, -0.05) is 25.1 Å². The van der Waals surface area contributed by atoms with E-state index in [1.807, 2.05) is 66.7 Å². The zero-order valence-electron chi connectivity index (χ0n) is 15.2. The fourth-order valence-corrected chi connectivity index (χ4v) is 2.75. The van der Waals surface area contributed by atoms with E-state index in [2.05, 4.69) is 29.0 Å². The smallest absolute Gasteiger partial charge is 0.216 e. The first-order valence-corrected chi connectivity index (χ1v) is 8.70. The Morgan fingerprint density at radius 2 is 1.68 bits per heavy atom. The first-order chi connectivity index (χ1) is 13.3. The molecule has 1 radical (unpaired) electrons. The molecule has 5 heteroatoms. The van der Waals surface area contributed by atoms with Crippen LogP contribution < -0.4 is 4.74 Å². The number of rotatable bonds is 5. The Balaban J connectivity index is 0.00000225. The van der Waals surface area contributed by atoms with Gasteiger partial charge < -0.3 is 9.72 Å². The minimum Gasteiger partial charge on any atom is -0.466 e. The van der Waals surface area contributed by atoms with Crippen molar-refractivity contribution in [2.45, 2.75) is 12.8 Å². The summed E-state index contributed by atoms with van der Waals surface area (Å²) in [6.07, 6.45) is 3.39. The second-order valence-electron chi connectivity index (χ2n) is 6.05. The van der Waals surface area contributed by atoms with Gasteiger partial charge in [0.2, 0.25) is 5.88 Å². The van der Waals surface area contributed by atoms with Crippen LogP contribution in [0.25, 0.3) is 11.3 Å². The summed E-state index contributed by atoms with van der Waals surface area (Å²) in [5.41, 5.74) is 3.62. The van der Waals surface area contributed by atoms with Crippen LogP contribution in [0.4, 0.5) is 0 Å². The van der Waals surface area contributed by atoms with Gasteiger partial charge in [-0.2, -0.15) is 29.8 Å². The molecule has 3 heterocycles. The van der Waals surface area contributed by atoms with E-state index in [-0.39, 0.29) is 26.0 Å². The van der Waals surface area contributed by atoms with Crippen molar-refractivity contribution < 1.29 is 24.8 Å². The Labute approximate surface area is 178 Å². The molecule has 28 heavy (non-hydrogen) atoms. The molecule has 141 valence electrons. The average molecular weight is 544 g/mol. The average Bonchev–Trinajstić information content (AvgIpc) is 2.75. The predicted octanol–water partition coefficient (Wildman–Crippen LogP) is 5.08. The van der Waals surface area contributed by atoms with E-state index in [9.17, 15) is 0 Å². The van der Waals surface area contributed by atoms with Gasteiger partial charge in [-0.05, 0) is 30.2 Å². The van der Waals surface area contributed by atoms with Crippen LogP contribution >= 0.6 is 0 Å². The van der Waals surface area contributed by atoms with Gasteiger partial charge in [0, 0.05) is 43.5 Å². The topological polar surface area (TPSA) is 47.9 Å². The molecule has 0 spiro atoms. The van der Waals surface area contributed by atoms with E-state index in [1.54, 1.807) is 12.4 Å². The molecule has 1 atom stereocenters. The Morgan fingerprint density at radius 1 is 0.857 bits per heavy atom. The molecule has 0 aliphatic carbocycles. The van der Waals surface area contributed by atoms with E-state index in [0.29, 0.717) is 11.6 Å². The predicted molar refractivity (Wildman–Crippen MR) is 103 cm³/mol. The van der Waals surface area contributed by atoms with E-state index < -0.39 is 0 Å². The maximum atomic E-state index is 5.80. The van der Waals surface area contributed by atoms with Crippen molar-refractivity contribution in [1.29, 1.82) is 0 Å². The van der Waals surface area contributed by atoms with Gasteiger partial charge in [-0.25, -0.2) is 4.98 Å². The van der Waals surface area contributed by atoms with Crippen LogP contribution in [0, 0.1) is 12.1 Å². The summed E-state index contributed by atoms with van der Waals surface area (Å²) in [6, 6.07) is 27.3. The number of para-hydroxylation sites is 1. The number of pyridine rings is 3. The molecule has 4 nitrogen and oxygen atoms in total. The Kier molecular flexibility index (Phi) is 6.64. The van der Waals surface area contributed by atoms with E-state index in [0.717, 1.165) is 22.6 Å². The summed E-state index contributed by atoms with van der Waals surface area (Å²) in [7, 11) is 0. The van der Waals surface area contributed by atoms with Crippen LogP contribution in [0.5, 0.6) is 11.6 Å². The maximum absolute atomic E-state index is 5.80. The second kappa shape index (κ2) is 9.36. The molecule has 0 aliphatic rings. The summed E-state index contributed by atoms with van der Waals surface area (Å²) in [5, 5.41) is 0. The molecule has 4 rings (SSSR count). The van der Waals surface area contributed by atoms with Gasteiger partial charge in [0.25, 0.3) is 0 Å². The molecular weight excluding hydrogens is 526 g/mol. The summed E-state index contributed by atoms with van der Waals surface area (Å²) in [6.45, 7) is 2.09. The van der Waals surface area contributed by atoms with E-state index in [4.69, 9.17) is 9.72 Å². The second-order valence-corrected chi connectivity index (χ2v) is 6.05. The van der Waals surface area contributed by atoms with Gasteiger partial charge in [0.1, 0.15) is 0 Å². The molecule has 0 saturated carbocycles. The molecule has 0 saturated heterocycles. The quantitative estimate of drug-likeness (QED) is 0.330. The number of hydrogen-bond acceptors (Lipinski definition) is 4. The molecule has 0 amide bonds. The van der Waals surface area contributed by atoms with Crippen LogP contribution in [0.3, 0.4) is 0 Å². The van der Waals surface area contributed by atoms with Gasteiger partial charge in [-0.15, -0.1) is 18.2 Å². The SMILES string of the molecule is CC(c1cccc(Oc2[c-]cccc2)n1)c1cccc(-c2[c-]cncc2)n1.[Ir]. The van der Waals surface area contributed by atoms with Crippen molar-refractivity contribution in [3.05, 3.63) is 103 Å². The van der Waals surface area contributed by atoms with Crippen LogP contribution in [0.15, 0.2) is 79.1 Å². The van der Waals surface area contributed by atoms with E-state index in [1.165, 1.54) is 0 Å². The third kappa shape index (κ3) is 4.69. The van der Waals surface area contributed by atoms with Gasteiger partial charge in [0.05, 0.1) is 5.69 Å². The zero-order chi connectivity index (χ0) is 18.5. The molecule has 3 aromatic heterocycles. The molecule has 0 bridgehead atoms. The van der Waals surface area contributed by atoms with E-state index >= 15 is 0 Å². The van der Waals surface area contributed by atoms with Gasteiger partial charge >= 0.3 is 0 Å². The first-order valence-electron chi connectivity index (χ1n) is 8.70. The molecule has 0 N–H and O–H groups in total. The normalized spacial score (nSPS) is 11.3. The number of hydrogen-bond donors (Lipinski definition) is 0. The summed E-state index contributed by atoms with van der Waals surface area (Å²) in [5.74, 6) is 1.21. The van der Waals surface area contributed by atoms with Crippen molar-refractivity contribution in [2.24, 2.45) is 0 Å². The minimum absolute atomic E-state index is 0. The van der Waals surface area contributed by atoms with Gasteiger partial charge in [0.15, 0.2) is 0 Å². The molecule has 1 unspecified atom stereocenters. The van der Waals surface area contributed by atoms with Crippen LogP contribution in [-0.4, -0.2) is 15.0 Å². The van der Waals surface area contributed by atoms with Crippen LogP contribution in [-0.2, 0) is 20.1 Å². The first kappa shape index (κ1) is 19.9. The Bertz CT molecular complexity index is 1030. The minimum atomic E-state index is 0. The zero-order valence-corrected chi connectivity index (χ0v) is 17.6. The van der Waals surface area contributed by atoms with Crippen molar-refractivity contribution in [3.8, 4) is 22.9 Å². The van der Waals surface area contributed by atoms with Crippen LogP contribution in [0.1, 0.15) is 24.2 Å². The molecule has 4 aromatic rings. The number of benzene rings is 1. The van der Waals surface area contributed by atoms with Crippen molar-refractivity contribution in [1.82, 2.24) is 15.0 Å². The summed E-state index contributed by atoms with van der Waals surface area (Å²) in [4.78, 5) is 13.4. The number of ether oxygens (including phenoxy) is 1. The fraction of sp³-hybridized carbons (Fsp3) is 0.0870. The van der Waals surface area contributed by atoms with Crippen molar-refractivity contribution in [3.63, 3.8) is 0 Å².